The summed E-state index contributed by atoms with van der Waals surface area (Å²) in [5.41, 5.74) is 1.96. The molecule has 2 amide bonds. The number of pyridine rings is 1. The van der Waals surface area contributed by atoms with Gasteiger partial charge in [-0.25, -0.2) is 4.79 Å². The topological polar surface area (TPSA) is 63.7 Å². The third-order valence-corrected chi connectivity index (χ3v) is 4.74. The van der Waals surface area contributed by atoms with Crippen molar-refractivity contribution >= 4 is 6.03 Å². The van der Waals surface area contributed by atoms with Gasteiger partial charge in [-0.15, -0.1) is 0 Å². The Morgan fingerprint density at radius 3 is 2.85 bits per heavy atom. The highest BCUT2D eigenvalue weighted by molar-refractivity contribution is 5.75. The van der Waals surface area contributed by atoms with E-state index in [1.165, 1.54) is 0 Å². The predicted molar refractivity (Wildman–Crippen MR) is 104 cm³/mol. The first-order chi connectivity index (χ1) is 13.1. The largest absolute Gasteiger partial charge is 0.493 e. The molecule has 2 aromatic rings. The molecule has 1 atom stereocenters. The lowest BCUT2D eigenvalue weighted by Crippen LogP contribution is -2.43. The van der Waals surface area contributed by atoms with Gasteiger partial charge in [-0.3, -0.25) is 4.98 Å². The van der Waals surface area contributed by atoms with Gasteiger partial charge in [-0.2, -0.15) is 0 Å². The molecule has 0 bridgehead atoms. The van der Waals surface area contributed by atoms with E-state index in [2.05, 4.69) is 24.1 Å². The van der Waals surface area contributed by atoms with Gasteiger partial charge in [0.2, 0.25) is 0 Å². The van der Waals surface area contributed by atoms with Gasteiger partial charge in [0.15, 0.2) is 11.5 Å². The Hall–Kier alpha value is -2.76. The van der Waals surface area contributed by atoms with Crippen LogP contribution >= 0.6 is 0 Å². The Balaban J connectivity index is 1.79. The molecular weight excluding hydrogens is 342 g/mol. The summed E-state index contributed by atoms with van der Waals surface area (Å²) in [4.78, 5) is 19.1. The molecule has 0 aliphatic carbocycles. The average molecular weight is 369 g/mol. The summed E-state index contributed by atoms with van der Waals surface area (Å²) >= 11 is 0. The lowest BCUT2D eigenvalue weighted by atomic mass is 9.97. The quantitative estimate of drug-likeness (QED) is 0.891. The molecular formula is C21H27N3O3. The van der Waals surface area contributed by atoms with Gasteiger partial charge < -0.3 is 19.7 Å². The fraction of sp³-hybridized carbons (Fsp3) is 0.429. The number of amides is 2. The van der Waals surface area contributed by atoms with Crippen LogP contribution in [-0.4, -0.2) is 36.2 Å². The van der Waals surface area contributed by atoms with Crippen LogP contribution in [-0.2, 0) is 6.54 Å². The van der Waals surface area contributed by atoms with Crippen LogP contribution in [0.1, 0.15) is 37.4 Å². The van der Waals surface area contributed by atoms with Crippen molar-refractivity contribution in [2.75, 3.05) is 20.3 Å². The van der Waals surface area contributed by atoms with Crippen LogP contribution in [0, 0.1) is 5.92 Å². The van der Waals surface area contributed by atoms with Gasteiger partial charge in [-0.1, -0.05) is 32.0 Å². The number of hydrogen-bond donors (Lipinski definition) is 1. The molecule has 27 heavy (non-hydrogen) atoms. The molecule has 144 valence electrons. The van der Waals surface area contributed by atoms with Crippen LogP contribution < -0.4 is 14.8 Å². The van der Waals surface area contributed by atoms with Gasteiger partial charge >= 0.3 is 6.03 Å². The maximum absolute atomic E-state index is 13.0. The van der Waals surface area contributed by atoms with Gasteiger partial charge in [0.25, 0.3) is 0 Å². The van der Waals surface area contributed by atoms with Crippen LogP contribution in [0.25, 0.3) is 0 Å². The van der Waals surface area contributed by atoms with E-state index >= 15 is 0 Å². The number of nitrogens with zero attached hydrogens (tertiary/aromatic N) is 2. The van der Waals surface area contributed by atoms with Crippen LogP contribution in [0.2, 0.25) is 0 Å². The lowest BCUT2D eigenvalue weighted by Gasteiger charge is -2.30. The van der Waals surface area contributed by atoms with E-state index in [1.807, 2.05) is 41.4 Å². The van der Waals surface area contributed by atoms with E-state index in [0.717, 1.165) is 23.3 Å². The fourth-order valence-electron chi connectivity index (χ4n) is 3.32. The molecule has 0 spiro atoms. The van der Waals surface area contributed by atoms with E-state index in [-0.39, 0.29) is 18.0 Å². The number of urea groups is 1. The van der Waals surface area contributed by atoms with Gasteiger partial charge in [0.05, 0.1) is 26.3 Å². The number of rotatable bonds is 4. The maximum atomic E-state index is 13.0. The zero-order valence-corrected chi connectivity index (χ0v) is 16.1. The molecule has 1 N–H and O–H groups in total. The molecule has 6 nitrogen and oxygen atoms in total. The summed E-state index contributed by atoms with van der Waals surface area (Å²) in [6, 6.07) is 9.51. The number of benzene rings is 1. The summed E-state index contributed by atoms with van der Waals surface area (Å²) in [6.07, 6.45) is 4.32. The summed E-state index contributed by atoms with van der Waals surface area (Å²) in [6.45, 7) is 5.86. The first-order valence-corrected chi connectivity index (χ1v) is 9.34. The number of aromatic nitrogens is 1. The van der Waals surface area contributed by atoms with Crippen molar-refractivity contribution < 1.29 is 14.3 Å². The monoisotopic (exact) mass is 369 g/mol. The van der Waals surface area contributed by atoms with Crippen molar-refractivity contribution in [3.8, 4) is 11.5 Å². The Kier molecular flexibility index (Phi) is 6.16. The number of hydrogen-bond acceptors (Lipinski definition) is 4. The van der Waals surface area contributed by atoms with Gasteiger partial charge in [-0.05, 0) is 30.0 Å². The number of carbonyl (C=O) groups excluding carboxylic acids is 1. The third-order valence-electron chi connectivity index (χ3n) is 4.74. The van der Waals surface area contributed by atoms with E-state index in [0.29, 0.717) is 25.4 Å². The molecule has 1 aromatic carbocycles. The first kappa shape index (κ1) is 19.0. The Morgan fingerprint density at radius 2 is 2.15 bits per heavy atom. The Labute approximate surface area is 160 Å². The van der Waals surface area contributed by atoms with Gasteiger partial charge in [0.1, 0.15) is 0 Å². The second-order valence-corrected chi connectivity index (χ2v) is 7.03. The molecule has 3 rings (SSSR count). The molecule has 6 heteroatoms. The minimum absolute atomic E-state index is 0.0757. The van der Waals surface area contributed by atoms with Crippen LogP contribution in [0.4, 0.5) is 4.79 Å². The number of methoxy groups -OCH3 is 1. The number of ether oxygens (including phenoxy) is 2. The second-order valence-electron chi connectivity index (χ2n) is 7.03. The van der Waals surface area contributed by atoms with E-state index in [1.54, 1.807) is 13.3 Å². The summed E-state index contributed by atoms with van der Waals surface area (Å²) < 4.78 is 11.3. The van der Waals surface area contributed by atoms with Crippen molar-refractivity contribution in [1.29, 1.82) is 0 Å². The zero-order valence-electron chi connectivity index (χ0n) is 16.1. The molecule has 0 radical (unpaired) electrons. The van der Waals surface area contributed by atoms with Crippen molar-refractivity contribution in [3.63, 3.8) is 0 Å². The standard InChI is InChI=1S/C21H27N3O3/c1-15(2)19(16-8-5-10-22-13-16)23-21(25)24-11-6-12-27-20-17(14-24)7-4-9-18(20)26-3/h4-5,7-10,13,15,19H,6,11-12,14H2,1-3H3,(H,23,25)/t19-/m1/s1. The van der Waals surface area contributed by atoms with Gasteiger partial charge in [0, 0.05) is 24.5 Å². The molecule has 1 aliphatic rings. The molecule has 0 saturated heterocycles. The van der Waals surface area contributed by atoms with Crippen molar-refractivity contribution in [3.05, 3.63) is 53.9 Å². The second kappa shape index (κ2) is 8.75. The Bertz CT molecular complexity index is 765. The number of para-hydroxylation sites is 1. The minimum atomic E-state index is -0.0855. The van der Waals surface area contributed by atoms with E-state index in [4.69, 9.17) is 9.47 Å². The number of carbonyl (C=O) groups is 1. The minimum Gasteiger partial charge on any atom is -0.493 e. The number of nitrogens with one attached hydrogen (secondary N) is 1. The van der Waals surface area contributed by atoms with Crippen LogP contribution in [0.3, 0.4) is 0 Å². The average Bonchev–Trinajstić information content (AvgIpc) is 2.66. The molecule has 1 aromatic heterocycles. The zero-order chi connectivity index (χ0) is 19.2. The molecule has 1 aliphatic heterocycles. The van der Waals surface area contributed by atoms with E-state index < -0.39 is 0 Å². The molecule has 2 heterocycles. The van der Waals surface area contributed by atoms with Crippen LogP contribution in [0.5, 0.6) is 11.5 Å². The smallest absolute Gasteiger partial charge is 0.318 e. The SMILES string of the molecule is COc1cccc2c1OCCCN(C(=O)N[C@@H](c1cccnc1)C(C)C)C2. The van der Waals surface area contributed by atoms with E-state index in [9.17, 15) is 4.79 Å². The maximum Gasteiger partial charge on any atom is 0.318 e. The molecule has 0 fully saturated rings. The highest BCUT2D eigenvalue weighted by Crippen LogP contribution is 2.33. The highest BCUT2D eigenvalue weighted by Gasteiger charge is 2.24. The summed E-state index contributed by atoms with van der Waals surface area (Å²) in [7, 11) is 1.63. The van der Waals surface area contributed by atoms with Crippen molar-refractivity contribution in [2.24, 2.45) is 5.92 Å². The van der Waals surface area contributed by atoms with Crippen molar-refractivity contribution in [2.45, 2.75) is 32.9 Å². The molecule has 0 unspecified atom stereocenters. The van der Waals surface area contributed by atoms with Crippen LogP contribution in [0.15, 0.2) is 42.7 Å². The summed E-state index contributed by atoms with van der Waals surface area (Å²) in [5, 5.41) is 3.18. The first-order valence-electron chi connectivity index (χ1n) is 9.34. The Morgan fingerprint density at radius 1 is 1.30 bits per heavy atom. The highest BCUT2D eigenvalue weighted by atomic mass is 16.5. The molecule has 0 saturated carbocycles. The summed E-state index contributed by atoms with van der Waals surface area (Å²) in [5.74, 6) is 1.68. The predicted octanol–water partition coefficient (Wildman–Crippen LogP) is 3.78. The van der Waals surface area contributed by atoms with Crippen molar-refractivity contribution in [1.82, 2.24) is 15.2 Å². The normalized spacial score (nSPS) is 15.2. The number of fused-ring (bicyclic) bond motifs is 1. The fourth-order valence-corrected chi connectivity index (χ4v) is 3.32. The lowest BCUT2D eigenvalue weighted by molar-refractivity contribution is 0.173. The third kappa shape index (κ3) is 4.51.